The number of amides is 1. The van der Waals surface area contributed by atoms with Gasteiger partial charge in [-0.3, -0.25) is 9.78 Å². The molecule has 0 atom stereocenters. The average molecular weight is 367 g/mol. The molecule has 2 aliphatic rings. The van der Waals surface area contributed by atoms with Gasteiger partial charge in [0.1, 0.15) is 0 Å². The van der Waals surface area contributed by atoms with Gasteiger partial charge in [-0.15, -0.1) is 0 Å². The first-order chi connectivity index (χ1) is 13.2. The number of nitrogen functional groups attached to an aromatic ring is 1. The normalized spacial score (nSPS) is 24.3. The van der Waals surface area contributed by atoms with Crippen LogP contribution in [0.5, 0.6) is 0 Å². The van der Waals surface area contributed by atoms with Gasteiger partial charge >= 0.3 is 0 Å². The van der Waals surface area contributed by atoms with E-state index in [4.69, 9.17) is 15.5 Å². The van der Waals surface area contributed by atoms with Gasteiger partial charge in [0.2, 0.25) is 5.91 Å². The molecule has 144 valence electrons. The minimum absolute atomic E-state index is 0.178. The van der Waals surface area contributed by atoms with Gasteiger partial charge in [-0.05, 0) is 50.7 Å². The first-order valence-electron chi connectivity index (χ1n) is 10.1. The molecule has 2 heterocycles. The van der Waals surface area contributed by atoms with E-state index in [1.807, 2.05) is 30.3 Å². The largest absolute Gasteiger partial charge is 0.397 e. The van der Waals surface area contributed by atoms with Gasteiger partial charge in [0, 0.05) is 37.4 Å². The van der Waals surface area contributed by atoms with Crippen LogP contribution in [0.2, 0.25) is 0 Å². The van der Waals surface area contributed by atoms with Crippen LogP contribution in [0.4, 0.5) is 5.69 Å². The molecule has 1 saturated heterocycles. The zero-order valence-electron chi connectivity index (χ0n) is 16.1. The lowest BCUT2D eigenvalue weighted by Crippen LogP contribution is -2.42. The maximum Gasteiger partial charge on any atom is 0.225 e. The van der Waals surface area contributed by atoms with Crippen molar-refractivity contribution >= 4 is 22.5 Å². The number of carbonyl (C=O) groups excluding carboxylic acids is 1. The van der Waals surface area contributed by atoms with E-state index in [0.717, 1.165) is 73.9 Å². The molecule has 0 spiro atoms. The predicted molar refractivity (Wildman–Crippen MR) is 107 cm³/mol. The number of nitrogens with two attached hydrogens (primary N) is 1. The lowest BCUT2D eigenvalue weighted by Gasteiger charge is -2.36. The van der Waals surface area contributed by atoms with Crippen LogP contribution >= 0.6 is 0 Å². The number of para-hydroxylation sites is 1. The van der Waals surface area contributed by atoms with Gasteiger partial charge < -0.3 is 15.4 Å². The molecular weight excluding hydrogens is 338 g/mol. The number of hydrogen-bond donors (Lipinski definition) is 1. The highest BCUT2D eigenvalue weighted by Crippen LogP contribution is 2.34. The molecule has 27 heavy (non-hydrogen) atoms. The number of aromatic nitrogens is 1. The highest BCUT2D eigenvalue weighted by molar-refractivity contribution is 5.82. The van der Waals surface area contributed by atoms with Crippen LogP contribution in [0.3, 0.4) is 0 Å². The van der Waals surface area contributed by atoms with Crippen LogP contribution in [-0.4, -0.2) is 42.1 Å². The number of fused-ring (bicyclic) bond motifs is 1. The Bertz CT molecular complexity index is 806. The van der Waals surface area contributed by atoms with Gasteiger partial charge in [0.15, 0.2) is 0 Å². The molecule has 1 saturated carbocycles. The van der Waals surface area contributed by atoms with Crippen molar-refractivity contribution in [3.8, 4) is 0 Å². The number of likely N-dealkylation sites (tertiary alicyclic amines) is 1. The smallest absolute Gasteiger partial charge is 0.225 e. The number of methoxy groups -OCH3 is 1. The van der Waals surface area contributed by atoms with Crippen molar-refractivity contribution in [1.29, 1.82) is 0 Å². The minimum atomic E-state index is 0.178. The van der Waals surface area contributed by atoms with Crippen molar-refractivity contribution in [3.05, 3.63) is 36.0 Å². The van der Waals surface area contributed by atoms with E-state index in [0.29, 0.717) is 17.9 Å². The lowest BCUT2D eigenvalue weighted by molar-refractivity contribution is -0.138. The molecule has 0 radical (unpaired) electrons. The third-order valence-electron chi connectivity index (χ3n) is 6.33. The summed E-state index contributed by atoms with van der Waals surface area (Å²) < 4.78 is 5.43. The van der Waals surface area contributed by atoms with Crippen molar-refractivity contribution in [2.24, 2.45) is 5.92 Å². The zero-order chi connectivity index (χ0) is 18.8. The van der Waals surface area contributed by atoms with Crippen LogP contribution in [-0.2, 0) is 9.53 Å². The fourth-order valence-corrected chi connectivity index (χ4v) is 4.65. The summed E-state index contributed by atoms with van der Waals surface area (Å²) in [5.41, 5.74) is 9.07. The number of benzene rings is 1. The predicted octanol–water partition coefficient (Wildman–Crippen LogP) is 3.73. The van der Waals surface area contributed by atoms with Gasteiger partial charge in [-0.1, -0.05) is 18.2 Å². The molecule has 1 aromatic carbocycles. The van der Waals surface area contributed by atoms with Crippen LogP contribution in [0.25, 0.3) is 10.9 Å². The van der Waals surface area contributed by atoms with Crippen LogP contribution in [0.1, 0.15) is 50.1 Å². The Morgan fingerprint density at radius 1 is 1.11 bits per heavy atom. The monoisotopic (exact) mass is 367 g/mol. The summed E-state index contributed by atoms with van der Waals surface area (Å²) in [6.45, 7) is 1.61. The molecule has 1 amide bonds. The summed E-state index contributed by atoms with van der Waals surface area (Å²) in [5, 5.41) is 1.08. The van der Waals surface area contributed by atoms with Crippen LogP contribution in [0.15, 0.2) is 30.3 Å². The molecule has 1 aliphatic carbocycles. The Morgan fingerprint density at radius 2 is 1.81 bits per heavy atom. The van der Waals surface area contributed by atoms with Gasteiger partial charge in [0.05, 0.1) is 23.0 Å². The summed E-state index contributed by atoms with van der Waals surface area (Å²) in [5.74, 6) is 0.849. The molecular formula is C22H29N3O2. The molecule has 5 nitrogen and oxygen atoms in total. The first kappa shape index (κ1) is 18.2. The Hall–Kier alpha value is -2.14. The molecule has 2 aromatic rings. The highest BCUT2D eigenvalue weighted by Gasteiger charge is 2.32. The first-order valence-corrected chi connectivity index (χ1v) is 10.1. The fourth-order valence-electron chi connectivity index (χ4n) is 4.65. The van der Waals surface area contributed by atoms with Crippen molar-refractivity contribution in [2.45, 2.75) is 50.5 Å². The van der Waals surface area contributed by atoms with E-state index in [1.165, 1.54) is 0 Å². The van der Waals surface area contributed by atoms with Crippen molar-refractivity contribution in [2.75, 3.05) is 25.9 Å². The summed E-state index contributed by atoms with van der Waals surface area (Å²) >= 11 is 0. The van der Waals surface area contributed by atoms with Gasteiger partial charge in [-0.2, -0.15) is 0 Å². The maximum atomic E-state index is 12.9. The maximum absolute atomic E-state index is 12.9. The van der Waals surface area contributed by atoms with E-state index >= 15 is 0 Å². The average Bonchev–Trinajstić information content (AvgIpc) is 2.73. The number of pyridine rings is 1. The lowest BCUT2D eigenvalue weighted by atomic mass is 9.85. The molecule has 0 unspecified atom stereocenters. The highest BCUT2D eigenvalue weighted by atomic mass is 16.5. The molecule has 1 aliphatic heterocycles. The number of rotatable bonds is 3. The molecule has 0 bridgehead atoms. The SMILES string of the molecule is COC1CCC(C(=O)N2CCC(c3nc4ccccc4cc3N)CC2)CC1. The third kappa shape index (κ3) is 3.79. The van der Waals surface area contributed by atoms with Crippen LogP contribution < -0.4 is 5.73 Å². The Kier molecular flexibility index (Phi) is 5.30. The molecule has 1 aromatic heterocycles. The van der Waals surface area contributed by atoms with Crippen molar-refractivity contribution in [3.63, 3.8) is 0 Å². The summed E-state index contributed by atoms with van der Waals surface area (Å²) in [6.07, 6.45) is 6.12. The second kappa shape index (κ2) is 7.85. The summed E-state index contributed by atoms with van der Waals surface area (Å²) in [4.78, 5) is 19.8. The van der Waals surface area contributed by atoms with Gasteiger partial charge in [0.25, 0.3) is 0 Å². The van der Waals surface area contributed by atoms with Gasteiger partial charge in [-0.25, -0.2) is 0 Å². The fraction of sp³-hybridized carbons (Fsp3) is 0.545. The quantitative estimate of drug-likeness (QED) is 0.897. The van der Waals surface area contributed by atoms with Crippen molar-refractivity contribution < 1.29 is 9.53 Å². The second-order valence-corrected chi connectivity index (χ2v) is 7.96. The Morgan fingerprint density at radius 3 is 2.52 bits per heavy atom. The van der Waals surface area contributed by atoms with E-state index < -0.39 is 0 Å². The van der Waals surface area contributed by atoms with Crippen molar-refractivity contribution in [1.82, 2.24) is 9.88 Å². The summed E-state index contributed by atoms with van der Waals surface area (Å²) in [7, 11) is 1.77. The molecule has 4 rings (SSSR count). The van der Waals surface area contributed by atoms with E-state index in [1.54, 1.807) is 7.11 Å². The number of nitrogens with zero attached hydrogens (tertiary/aromatic N) is 2. The second-order valence-electron chi connectivity index (χ2n) is 7.96. The standard InChI is InChI=1S/C22H29N3O2/c1-27-18-8-6-16(7-9-18)22(26)25-12-10-15(11-13-25)21-19(23)14-17-4-2-3-5-20(17)24-21/h2-5,14-16,18H,6-13,23H2,1H3. The zero-order valence-corrected chi connectivity index (χ0v) is 16.1. The molecule has 2 N–H and O–H groups in total. The Labute approximate surface area is 160 Å². The molecule has 2 fully saturated rings. The Balaban J connectivity index is 1.39. The van der Waals surface area contributed by atoms with E-state index in [9.17, 15) is 4.79 Å². The van der Waals surface area contributed by atoms with Crippen LogP contribution in [0, 0.1) is 5.92 Å². The number of hydrogen-bond acceptors (Lipinski definition) is 4. The topological polar surface area (TPSA) is 68.5 Å². The van der Waals surface area contributed by atoms with E-state index in [2.05, 4.69) is 4.90 Å². The molecule has 5 heteroatoms. The number of carbonyl (C=O) groups is 1. The number of anilines is 1. The third-order valence-corrected chi connectivity index (χ3v) is 6.33. The number of piperidine rings is 1. The number of ether oxygens (including phenoxy) is 1. The summed E-state index contributed by atoms with van der Waals surface area (Å²) in [6, 6.07) is 10.1. The minimum Gasteiger partial charge on any atom is -0.397 e. The van der Waals surface area contributed by atoms with E-state index in [-0.39, 0.29) is 5.92 Å².